The zero-order valence-corrected chi connectivity index (χ0v) is 18.1. The van der Waals surface area contributed by atoms with Crippen LogP contribution in [0.1, 0.15) is 11.3 Å². The Balaban J connectivity index is 1.42. The Morgan fingerprint density at radius 2 is 1.90 bits per heavy atom. The molecule has 1 fully saturated rings. The summed E-state index contributed by atoms with van der Waals surface area (Å²) in [5, 5.41) is 0. The van der Waals surface area contributed by atoms with Crippen LogP contribution in [0.5, 0.6) is 0 Å². The van der Waals surface area contributed by atoms with E-state index in [4.69, 9.17) is 0 Å². The second-order valence-electron chi connectivity index (χ2n) is 6.78. The molecule has 8 heteroatoms. The molecule has 3 rings (SSSR count). The molecule has 0 saturated carbocycles. The van der Waals surface area contributed by atoms with Crippen LogP contribution in [-0.2, 0) is 20.9 Å². The topological polar surface area (TPSA) is 49.9 Å². The van der Waals surface area contributed by atoms with Gasteiger partial charge in [-0.05, 0) is 18.2 Å². The molecule has 1 aliphatic heterocycles. The SMILES string of the molecule is COC(=O)CSCCC(=O)N1CCN(Cc2ccc(-c3ccccc3F)s2)CC1. The number of hydrogen-bond acceptors (Lipinski definition) is 6. The van der Waals surface area contributed by atoms with Gasteiger partial charge in [-0.2, -0.15) is 0 Å². The molecule has 0 N–H and O–H groups in total. The molecule has 2 aromatic rings. The minimum atomic E-state index is -0.261. The van der Waals surface area contributed by atoms with E-state index in [-0.39, 0.29) is 23.4 Å². The van der Waals surface area contributed by atoms with Gasteiger partial charge >= 0.3 is 5.97 Å². The lowest BCUT2D eigenvalue weighted by molar-refractivity contribution is -0.137. The van der Waals surface area contributed by atoms with Gasteiger partial charge in [0, 0.05) is 60.2 Å². The predicted octanol–water partition coefficient (Wildman–Crippen LogP) is 3.49. The molecule has 1 aromatic heterocycles. The summed E-state index contributed by atoms with van der Waals surface area (Å²) in [4.78, 5) is 29.8. The van der Waals surface area contributed by atoms with Crippen LogP contribution in [0.4, 0.5) is 4.39 Å². The van der Waals surface area contributed by atoms with E-state index in [1.807, 2.05) is 17.0 Å². The second-order valence-corrected chi connectivity index (χ2v) is 9.05. The van der Waals surface area contributed by atoms with Crippen LogP contribution in [0.25, 0.3) is 10.4 Å². The third kappa shape index (κ3) is 6.29. The fourth-order valence-electron chi connectivity index (χ4n) is 3.18. The first kappa shape index (κ1) is 21.8. The molecule has 5 nitrogen and oxygen atoms in total. The summed E-state index contributed by atoms with van der Waals surface area (Å²) in [7, 11) is 1.37. The molecular formula is C21H25FN2O3S2. The van der Waals surface area contributed by atoms with Gasteiger partial charge in [0.15, 0.2) is 0 Å². The molecule has 0 radical (unpaired) electrons. The van der Waals surface area contributed by atoms with E-state index >= 15 is 0 Å². The van der Waals surface area contributed by atoms with Gasteiger partial charge in [0.1, 0.15) is 5.82 Å². The van der Waals surface area contributed by atoms with E-state index in [9.17, 15) is 14.0 Å². The van der Waals surface area contributed by atoms with E-state index in [0.29, 0.717) is 30.8 Å². The normalized spacial score (nSPS) is 14.8. The number of thiophene rings is 1. The van der Waals surface area contributed by atoms with Crippen molar-refractivity contribution >= 4 is 35.0 Å². The van der Waals surface area contributed by atoms with Crippen molar-refractivity contribution in [2.75, 3.05) is 44.8 Å². The number of esters is 1. The van der Waals surface area contributed by atoms with Crippen molar-refractivity contribution in [2.45, 2.75) is 13.0 Å². The predicted molar refractivity (Wildman–Crippen MR) is 116 cm³/mol. The van der Waals surface area contributed by atoms with Crippen LogP contribution in [-0.4, -0.2) is 66.5 Å². The highest BCUT2D eigenvalue weighted by atomic mass is 32.2. The Morgan fingerprint density at radius 1 is 1.14 bits per heavy atom. The first-order valence-electron chi connectivity index (χ1n) is 9.55. The average molecular weight is 437 g/mol. The van der Waals surface area contributed by atoms with E-state index in [2.05, 4.69) is 15.7 Å². The van der Waals surface area contributed by atoms with E-state index in [1.54, 1.807) is 23.5 Å². The number of benzene rings is 1. The summed E-state index contributed by atoms with van der Waals surface area (Å²) in [6.45, 7) is 3.90. The fourth-order valence-corrected chi connectivity index (χ4v) is 5.00. The van der Waals surface area contributed by atoms with Gasteiger partial charge in [0.05, 0.1) is 12.9 Å². The van der Waals surface area contributed by atoms with Crippen molar-refractivity contribution in [3.05, 3.63) is 47.1 Å². The van der Waals surface area contributed by atoms with Crippen LogP contribution in [0.3, 0.4) is 0 Å². The van der Waals surface area contributed by atoms with Crippen molar-refractivity contribution in [1.29, 1.82) is 0 Å². The van der Waals surface area contributed by atoms with Gasteiger partial charge in [0.2, 0.25) is 5.91 Å². The molecule has 1 amide bonds. The van der Waals surface area contributed by atoms with Crippen molar-refractivity contribution in [1.82, 2.24) is 9.80 Å². The molecule has 2 heterocycles. The van der Waals surface area contributed by atoms with Crippen molar-refractivity contribution in [3.63, 3.8) is 0 Å². The van der Waals surface area contributed by atoms with Gasteiger partial charge in [-0.15, -0.1) is 23.1 Å². The maximum absolute atomic E-state index is 14.0. The number of methoxy groups -OCH3 is 1. The lowest BCUT2D eigenvalue weighted by atomic mass is 10.2. The molecule has 29 heavy (non-hydrogen) atoms. The number of amides is 1. The van der Waals surface area contributed by atoms with Crippen LogP contribution >= 0.6 is 23.1 Å². The van der Waals surface area contributed by atoms with E-state index in [0.717, 1.165) is 24.5 Å². The summed E-state index contributed by atoms with van der Waals surface area (Å²) in [5.74, 6) is 0.593. The van der Waals surface area contributed by atoms with Crippen molar-refractivity contribution in [3.8, 4) is 10.4 Å². The van der Waals surface area contributed by atoms with Crippen LogP contribution in [0.2, 0.25) is 0 Å². The highest BCUT2D eigenvalue weighted by Gasteiger charge is 2.21. The third-order valence-corrected chi connectivity index (χ3v) is 6.85. The number of halogens is 1. The Morgan fingerprint density at radius 3 is 2.62 bits per heavy atom. The monoisotopic (exact) mass is 436 g/mol. The molecule has 0 unspecified atom stereocenters. The molecule has 0 aliphatic carbocycles. The molecule has 156 valence electrons. The van der Waals surface area contributed by atoms with Crippen LogP contribution in [0.15, 0.2) is 36.4 Å². The number of hydrogen-bond donors (Lipinski definition) is 0. The number of thioether (sulfide) groups is 1. The number of carbonyl (C=O) groups excluding carboxylic acids is 2. The van der Waals surface area contributed by atoms with Crippen LogP contribution < -0.4 is 0 Å². The minimum absolute atomic E-state index is 0.139. The van der Waals surface area contributed by atoms with E-state index in [1.165, 1.54) is 29.8 Å². The second kappa shape index (κ2) is 10.8. The number of carbonyl (C=O) groups is 2. The number of piperazine rings is 1. The summed E-state index contributed by atoms with van der Waals surface area (Å²) in [6.07, 6.45) is 0.443. The van der Waals surface area contributed by atoms with Gasteiger partial charge in [-0.1, -0.05) is 18.2 Å². The lowest BCUT2D eigenvalue weighted by Gasteiger charge is -2.34. The molecule has 0 spiro atoms. The molecule has 1 aliphatic rings. The van der Waals surface area contributed by atoms with E-state index < -0.39 is 0 Å². The number of nitrogens with zero attached hydrogens (tertiary/aromatic N) is 2. The zero-order chi connectivity index (χ0) is 20.6. The number of ether oxygens (including phenoxy) is 1. The molecule has 1 aromatic carbocycles. The largest absolute Gasteiger partial charge is 0.468 e. The molecule has 1 saturated heterocycles. The summed E-state index contributed by atoms with van der Waals surface area (Å²) < 4.78 is 18.6. The first-order chi connectivity index (χ1) is 14.1. The Hall–Kier alpha value is -1.90. The molecule has 0 atom stereocenters. The quantitative estimate of drug-likeness (QED) is 0.468. The van der Waals surface area contributed by atoms with Gasteiger partial charge in [-0.25, -0.2) is 4.39 Å². The Kier molecular flexibility index (Phi) is 8.09. The molecule has 0 bridgehead atoms. The third-order valence-electron chi connectivity index (χ3n) is 4.81. The highest BCUT2D eigenvalue weighted by molar-refractivity contribution is 7.99. The summed E-state index contributed by atoms with van der Waals surface area (Å²) in [5.41, 5.74) is 0.643. The Bertz CT molecular complexity index is 835. The number of rotatable bonds is 8. The maximum Gasteiger partial charge on any atom is 0.315 e. The molecular weight excluding hydrogens is 411 g/mol. The standard InChI is InChI=1S/C21H25FN2O3S2/c1-27-21(26)15-28-13-8-20(25)24-11-9-23(10-12-24)14-16-6-7-19(29-16)17-4-2-3-5-18(17)22/h2-7H,8-15H2,1H3. The van der Waals surface area contributed by atoms with Gasteiger partial charge in [0.25, 0.3) is 0 Å². The lowest BCUT2D eigenvalue weighted by Crippen LogP contribution is -2.48. The summed E-state index contributed by atoms with van der Waals surface area (Å²) in [6, 6.07) is 10.9. The fraction of sp³-hybridized carbons (Fsp3) is 0.429. The smallest absolute Gasteiger partial charge is 0.315 e. The average Bonchev–Trinajstić information content (AvgIpc) is 3.20. The zero-order valence-electron chi connectivity index (χ0n) is 16.4. The Labute approximate surface area is 178 Å². The van der Waals surface area contributed by atoms with Gasteiger partial charge < -0.3 is 9.64 Å². The first-order valence-corrected chi connectivity index (χ1v) is 11.5. The highest BCUT2D eigenvalue weighted by Crippen LogP contribution is 2.30. The van der Waals surface area contributed by atoms with Gasteiger partial charge in [-0.3, -0.25) is 14.5 Å². The van der Waals surface area contributed by atoms with Crippen molar-refractivity contribution in [2.24, 2.45) is 0 Å². The summed E-state index contributed by atoms with van der Waals surface area (Å²) >= 11 is 3.04. The maximum atomic E-state index is 14.0. The minimum Gasteiger partial charge on any atom is -0.468 e. The van der Waals surface area contributed by atoms with Crippen molar-refractivity contribution < 1.29 is 18.7 Å². The van der Waals surface area contributed by atoms with Crippen LogP contribution in [0, 0.1) is 5.82 Å².